The highest BCUT2D eigenvalue weighted by atomic mass is 32.3. The summed E-state index contributed by atoms with van der Waals surface area (Å²) in [5.41, 5.74) is 2.76. The number of fused-ring (bicyclic) bond motifs is 5. The quantitative estimate of drug-likeness (QED) is 0.405. The Hall–Kier alpha value is -1.88. The molecule has 9 nitrogen and oxygen atoms in total. The molecule has 1 amide bonds. The smallest absolute Gasteiger partial charge is 0.227 e. The average molecular weight is 429 g/mol. The Balaban J connectivity index is 0.000000353. The summed E-state index contributed by atoms with van der Waals surface area (Å²) in [4.78, 5) is 14.3. The normalized spacial score (nSPS) is 27.9. The van der Waals surface area contributed by atoms with E-state index in [1.54, 1.807) is 14.2 Å². The molecule has 0 bridgehead atoms. The lowest BCUT2D eigenvalue weighted by Gasteiger charge is -2.54. The third kappa shape index (κ3) is 4.07. The molecule has 29 heavy (non-hydrogen) atoms. The maximum absolute atomic E-state index is 12.1. The number of ether oxygens (including phenoxy) is 2. The minimum atomic E-state index is -4.41. The van der Waals surface area contributed by atoms with E-state index in [1.807, 2.05) is 0 Å². The van der Waals surface area contributed by atoms with E-state index in [1.165, 1.54) is 11.1 Å². The topological polar surface area (TPSA) is 105 Å². The number of benzene rings is 1. The molecule has 10 heteroatoms. The van der Waals surface area contributed by atoms with Crippen molar-refractivity contribution in [1.29, 1.82) is 0 Å². The lowest BCUT2D eigenvalue weighted by Crippen LogP contribution is -2.65. The summed E-state index contributed by atoms with van der Waals surface area (Å²) in [6.07, 6.45) is 4.11. The van der Waals surface area contributed by atoms with Crippen LogP contribution >= 0.6 is 0 Å². The van der Waals surface area contributed by atoms with Crippen LogP contribution in [-0.4, -0.2) is 75.9 Å². The highest BCUT2D eigenvalue weighted by Crippen LogP contribution is 2.48. The van der Waals surface area contributed by atoms with E-state index in [2.05, 4.69) is 28.3 Å². The molecule has 162 valence electrons. The second-order valence-electron chi connectivity index (χ2n) is 7.71. The van der Waals surface area contributed by atoms with Crippen LogP contribution in [0, 0.1) is 0 Å². The van der Waals surface area contributed by atoms with Gasteiger partial charge in [-0.3, -0.25) is 18.4 Å². The molecule has 0 radical (unpaired) electrons. The molecule has 3 aliphatic heterocycles. The fourth-order valence-corrected chi connectivity index (χ4v) is 4.97. The van der Waals surface area contributed by atoms with Crippen molar-refractivity contribution < 1.29 is 35.9 Å². The lowest BCUT2D eigenvalue weighted by atomic mass is 9.85. The van der Waals surface area contributed by atoms with Gasteiger partial charge in [-0.15, -0.1) is 0 Å². The van der Waals surface area contributed by atoms with Gasteiger partial charge in [0.05, 0.1) is 34.9 Å². The number of nitrogens with zero attached hydrogens (tertiary/aromatic N) is 2. The maximum atomic E-state index is 12.1. The molecule has 3 unspecified atom stereocenters. The SMILES string of the molecule is COS(=O)(=O)[O-].COc1cc2c(cc1OC)C1CCN3C(=O)CCC3[N+]1(C)CC2. The van der Waals surface area contributed by atoms with Gasteiger partial charge in [0.2, 0.25) is 16.3 Å². The summed E-state index contributed by atoms with van der Waals surface area (Å²) in [5, 5.41) is 0. The van der Waals surface area contributed by atoms with Crippen molar-refractivity contribution in [1.82, 2.24) is 4.90 Å². The van der Waals surface area contributed by atoms with Crippen LogP contribution in [0.15, 0.2) is 12.1 Å². The second-order valence-corrected chi connectivity index (χ2v) is 8.86. The first-order valence-corrected chi connectivity index (χ1v) is 10.9. The molecule has 2 saturated heterocycles. The molecule has 3 heterocycles. The van der Waals surface area contributed by atoms with Crippen molar-refractivity contribution in [2.24, 2.45) is 0 Å². The molecule has 0 aromatic heterocycles. The third-order valence-electron chi connectivity index (χ3n) is 6.40. The molecular formula is C19H28N2O7S. The van der Waals surface area contributed by atoms with Gasteiger partial charge in [0.15, 0.2) is 17.7 Å². The summed E-state index contributed by atoms with van der Waals surface area (Å²) >= 11 is 0. The Labute approximate surface area is 171 Å². The third-order valence-corrected chi connectivity index (χ3v) is 6.81. The van der Waals surface area contributed by atoms with E-state index in [4.69, 9.17) is 9.47 Å². The molecule has 3 atom stereocenters. The van der Waals surface area contributed by atoms with Gasteiger partial charge < -0.3 is 14.0 Å². The van der Waals surface area contributed by atoms with Crippen LogP contribution in [0.4, 0.5) is 0 Å². The Bertz CT molecular complexity index is 889. The van der Waals surface area contributed by atoms with E-state index >= 15 is 0 Å². The van der Waals surface area contributed by atoms with Crippen LogP contribution in [-0.2, 0) is 25.8 Å². The predicted molar refractivity (Wildman–Crippen MR) is 103 cm³/mol. The monoisotopic (exact) mass is 428 g/mol. The number of likely N-dealkylation sites (N-methyl/N-ethyl adjacent to an activating group) is 1. The molecule has 3 aliphatic rings. The predicted octanol–water partition coefficient (Wildman–Crippen LogP) is 1.19. The summed E-state index contributed by atoms with van der Waals surface area (Å²) in [6, 6.07) is 4.76. The van der Waals surface area contributed by atoms with Crippen LogP contribution in [0.2, 0.25) is 0 Å². The first-order valence-electron chi connectivity index (χ1n) is 9.55. The van der Waals surface area contributed by atoms with Crippen molar-refractivity contribution >= 4 is 16.3 Å². The molecule has 0 aliphatic carbocycles. The Kier molecular flexibility index (Phi) is 6.09. The molecule has 1 aromatic rings. The zero-order valence-corrected chi connectivity index (χ0v) is 18.0. The number of rotatable bonds is 3. The lowest BCUT2D eigenvalue weighted by molar-refractivity contribution is -0.978. The standard InChI is InChI=1S/C18H25N2O3.CH4O4S/c1-20-9-7-12-10-15(22-2)16(23-3)11-13(12)14(20)6-8-19-17(20)4-5-18(19)21;1-5-6(2,3)4/h10-11,14,17H,4-9H2,1-3H3;1H3,(H,2,3,4)/q+1;/p-1. The first kappa shape index (κ1) is 21.8. The van der Waals surface area contributed by atoms with Crippen molar-refractivity contribution in [3.63, 3.8) is 0 Å². The molecule has 4 rings (SSSR count). The molecule has 2 fully saturated rings. The van der Waals surface area contributed by atoms with Crippen LogP contribution in [0.3, 0.4) is 0 Å². The van der Waals surface area contributed by atoms with Gasteiger partial charge >= 0.3 is 0 Å². The van der Waals surface area contributed by atoms with Gasteiger partial charge in [0.1, 0.15) is 6.04 Å². The fourth-order valence-electron chi connectivity index (χ4n) is 4.97. The summed E-state index contributed by atoms with van der Waals surface area (Å²) < 4.78 is 43.0. The first-order chi connectivity index (χ1) is 13.6. The van der Waals surface area contributed by atoms with E-state index in [9.17, 15) is 17.8 Å². The van der Waals surface area contributed by atoms with Crippen LogP contribution < -0.4 is 9.47 Å². The molecule has 0 N–H and O–H groups in total. The molecule has 1 aromatic carbocycles. The van der Waals surface area contributed by atoms with Gasteiger partial charge in [0, 0.05) is 37.8 Å². The van der Waals surface area contributed by atoms with Crippen molar-refractivity contribution in [2.75, 3.05) is 41.5 Å². The fraction of sp³-hybridized carbons (Fsp3) is 0.632. The number of hydrogen-bond acceptors (Lipinski definition) is 7. The van der Waals surface area contributed by atoms with Crippen molar-refractivity contribution in [3.8, 4) is 11.5 Å². The van der Waals surface area contributed by atoms with E-state index in [-0.39, 0.29) is 0 Å². The molecule has 0 spiro atoms. The minimum Gasteiger partial charge on any atom is -0.726 e. The Morgan fingerprint density at radius 3 is 2.31 bits per heavy atom. The number of hydrogen-bond donors (Lipinski definition) is 0. The average Bonchev–Trinajstić information content (AvgIpc) is 3.08. The summed E-state index contributed by atoms with van der Waals surface area (Å²) in [7, 11) is 2.11. The van der Waals surface area contributed by atoms with Crippen LogP contribution in [0.25, 0.3) is 0 Å². The van der Waals surface area contributed by atoms with E-state index in [0.29, 0.717) is 24.5 Å². The van der Waals surface area contributed by atoms with E-state index in [0.717, 1.165) is 55.4 Å². The highest BCUT2D eigenvalue weighted by molar-refractivity contribution is 7.80. The van der Waals surface area contributed by atoms with Gasteiger partial charge in [-0.1, -0.05) is 0 Å². The van der Waals surface area contributed by atoms with Gasteiger partial charge in [-0.2, -0.15) is 0 Å². The largest absolute Gasteiger partial charge is 0.726 e. The summed E-state index contributed by atoms with van der Waals surface area (Å²) in [6.45, 7) is 1.97. The number of carbonyl (C=O) groups is 1. The maximum Gasteiger partial charge on any atom is 0.227 e. The highest BCUT2D eigenvalue weighted by Gasteiger charge is 2.53. The zero-order chi connectivity index (χ0) is 21.4. The number of quaternary nitrogens is 1. The molecule has 0 saturated carbocycles. The number of amides is 1. The summed E-state index contributed by atoms with van der Waals surface area (Å²) in [5.74, 6) is 1.96. The van der Waals surface area contributed by atoms with Crippen molar-refractivity contribution in [3.05, 3.63) is 23.3 Å². The second kappa shape index (κ2) is 8.10. The Morgan fingerprint density at radius 2 is 1.72 bits per heavy atom. The number of methoxy groups -OCH3 is 2. The van der Waals surface area contributed by atoms with Crippen LogP contribution in [0.5, 0.6) is 11.5 Å². The Morgan fingerprint density at radius 1 is 1.10 bits per heavy atom. The molecular weight excluding hydrogens is 400 g/mol. The van der Waals surface area contributed by atoms with Crippen molar-refractivity contribution in [2.45, 2.75) is 37.9 Å². The minimum absolute atomic E-state index is 0.339. The number of carbonyl (C=O) groups excluding carboxylic acids is 1. The van der Waals surface area contributed by atoms with Gasteiger partial charge in [0.25, 0.3) is 0 Å². The van der Waals surface area contributed by atoms with Crippen LogP contribution in [0.1, 0.15) is 36.4 Å². The van der Waals surface area contributed by atoms with Gasteiger partial charge in [-0.25, -0.2) is 8.42 Å². The van der Waals surface area contributed by atoms with E-state index < -0.39 is 10.4 Å². The van der Waals surface area contributed by atoms with Gasteiger partial charge in [-0.05, 0) is 17.7 Å². The zero-order valence-electron chi connectivity index (χ0n) is 17.2.